The molecule has 120 valence electrons. The van der Waals surface area contributed by atoms with Crippen molar-refractivity contribution in [3.63, 3.8) is 0 Å². The number of hydrogen-bond acceptors (Lipinski definition) is 2. The van der Waals surface area contributed by atoms with Crippen LogP contribution in [0.1, 0.15) is 78.1 Å². The summed E-state index contributed by atoms with van der Waals surface area (Å²) in [4.78, 5) is 0. The van der Waals surface area contributed by atoms with Crippen LogP contribution in [0.15, 0.2) is 24.3 Å². The molecule has 1 N–H and O–H groups in total. The smallest absolute Gasteiger partial charge is 0.161 e. The lowest BCUT2D eigenvalue weighted by atomic mass is 10.1. The SMILES string of the molecule is CCCCCCCCCCCC(C)Oc1ccccc1O. The van der Waals surface area contributed by atoms with Crippen LogP contribution in [-0.2, 0) is 0 Å². The van der Waals surface area contributed by atoms with E-state index in [1.807, 2.05) is 18.2 Å². The Morgan fingerprint density at radius 2 is 1.48 bits per heavy atom. The molecular formula is C19H32O2. The fourth-order valence-electron chi connectivity index (χ4n) is 2.57. The van der Waals surface area contributed by atoms with E-state index in [4.69, 9.17) is 4.74 Å². The van der Waals surface area contributed by atoms with Crippen molar-refractivity contribution in [3.8, 4) is 11.5 Å². The summed E-state index contributed by atoms with van der Waals surface area (Å²) in [5.41, 5.74) is 0. The summed E-state index contributed by atoms with van der Waals surface area (Å²) in [6.07, 6.45) is 13.4. The maximum absolute atomic E-state index is 9.66. The normalized spacial score (nSPS) is 12.3. The Hall–Kier alpha value is -1.18. The largest absolute Gasteiger partial charge is 0.504 e. The van der Waals surface area contributed by atoms with E-state index < -0.39 is 0 Å². The number of phenols is 1. The van der Waals surface area contributed by atoms with Crippen LogP contribution in [0, 0.1) is 0 Å². The number of ether oxygens (including phenoxy) is 1. The van der Waals surface area contributed by atoms with Crippen LogP contribution in [0.25, 0.3) is 0 Å². The van der Waals surface area contributed by atoms with Crippen molar-refractivity contribution in [1.29, 1.82) is 0 Å². The standard InChI is InChI=1S/C19H32O2/c1-3-4-5-6-7-8-9-10-11-14-17(2)21-19-16-13-12-15-18(19)20/h12-13,15-17,20H,3-11,14H2,1-2H3. The van der Waals surface area contributed by atoms with Gasteiger partial charge in [0.2, 0.25) is 0 Å². The Morgan fingerprint density at radius 1 is 0.905 bits per heavy atom. The van der Waals surface area contributed by atoms with Crippen molar-refractivity contribution in [1.82, 2.24) is 0 Å². The van der Waals surface area contributed by atoms with E-state index >= 15 is 0 Å². The van der Waals surface area contributed by atoms with Gasteiger partial charge in [-0.25, -0.2) is 0 Å². The zero-order valence-electron chi connectivity index (χ0n) is 13.8. The molecule has 0 aliphatic heterocycles. The van der Waals surface area contributed by atoms with Gasteiger partial charge in [0, 0.05) is 0 Å². The van der Waals surface area contributed by atoms with Gasteiger partial charge < -0.3 is 9.84 Å². The van der Waals surface area contributed by atoms with Gasteiger partial charge in [-0.05, 0) is 31.9 Å². The molecular weight excluding hydrogens is 260 g/mol. The van der Waals surface area contributed by atoms with Crippen LogP contribution in [0.3, 0.4) is 0 Å². The Balaban J connectivity index is 1.99. The maximum atomic E-state index is 9.66. The monoisotopic (exact) mass is 292 g/mol. The number of aromatic hydroxyl groups is 1. The van der Waals surface area contributed by atoms with Crippen molar-refractivity contribution in [2.24, 2.45) is 0 Å². The summed E-state index contributed by atoms with van der Waals surface area (Å²) in [7, 11) is 0. The van der Waals surface area contributed by atoms with Crippen LogP contribution in [0.2, 0.25) is 0 Å². The minimum absolute atomic E-state index is 0.169. The molecule has 21 heavy (non-hydrogen) atoms. The molecule has 0 amide bonds. The molecule has 1 rings (SSSR count). The molecule has 1 atom stereocenters. The third-order valence-electron chi connectivity index (χ3n) is 3.91. The van der Waals surface area contributed by atoms with Gasteiger partial charge in [-0.1, -0.05) is 70.4 Å². The van der Waals surface area contributed by atoms with Crippen molar-refractivity contribution in [2.45, 2.75) is 84.2 Å². The first-order chi connectivity index (χ1) is 10.2. The summed E-state index contributed by atoms with van der Waals surface area (Å²) in [5, 5.41) is 9.66. The zero-order chi connectivity index (χ0) is 15.3. The van der Waals surface area contributed by atoms with Gasteiger partial charge >= 0.3 is 0 Å². The fourth-order valence-corrected chi connectivity index (χ4v) is 2.57. The van der Waals surface area contributed by atoms with Gasteiger partial charge in [-0.3, -0.25) is 0 Å². The molecule has 2 nitrogen and oxygen atoms in total. The summed E-state index contributed by atoms with van der Waals surface area (Å²) < 4.78 is 5.77. The first-order valence-electron chi connectivity index (χ1n) is 8.68. The van der Waals surface area contributed by atoms with E-state index in [2.05, 4.69) is 13.8 Å². The van der Waals surface area contributed by atoms with Gasteiger partial charge in [0.1, 0.15) is 0 Å². The highest BCUT2D eigenvalue weighted by Gasteiger charge is 2.06. The Labute approximate surface area is 130 Å². The van der Waals surface area contributed by atoms with Crippen LogP contribution in [0.4, 0.5) is 0 Å². The van der Waals surface area contributed by atoms with Crippen molar-refractivity contribution < 1.29 is 9.84 Å². The molecule has 0 saturated heterocycles. The van der Waals surface area contributed by atoms with Crippen LogP contribution < -0.4 is 4.74 Å². The Bertz CT molecular complexity index is 362. The Kier molecular flexibility index (Phi) is 9.77. The fraction of sp³-hybridized carbons (Fsp3) is 0.684. The molecule has 1 unspecified atom stereocenters. The highest BCUT2D eigenvalue weighted by Crippen LogP contribution is 2.26. The molecule has 0 radical (unpaired) electrons. The number of phenolic OH excluding ortho intramolecular Hbond substituents is 1. The van der Waals surface area contributed by atoms with E-state index in [0.29, 0.717) is 5.75 Å². The third-order valence-corrected chi connectivity index (χ3v) is 3.91. The van der Waals surface area contributed by atoms with E-state index in [9.17, 15) is 5.11 Å². The second-order valence-electron chi connectivity index (χ2n) is 6.01. The summed E-state index contributed by atoms with van der Waals surface area (Å²) >= 11 is 0. The van der Waals surface area contributed by atoms with Gasteiger partial charge in [-0.2, -0.15) is 0 Å². The third kappa shape index (κ3) is 8.64. The lowest BCUT2D eigenvalue weighted by molar-refractivity contribution is 0.198. The van der Waals surface area contributed by atoms with Gasteiger partial charge in [-0.15, -0.1) is 0 Å². The number of rotatable bonds is 12. The van der Waals surface area contributed by atoms with Crippen LogP contribution in [-0.4, -0.2) is 11.2 Å². The summed E-state index contributed by atoms with van der Waals surface area (Å²) in [5.74, 6) is 0.831. The minimum Gasteiger partial charge on any atom is -0.504 e. The molecule has 0 bridgehead atoms. The molecule has 0 aliphatic rings. The Morgan fingerprint density at radius 3 is 2.10 bits per heavy atom. The lowest BCUT2D eigenvalue weighted by Crippen LogP contribution is -2.11. The molecule has 1 aromatic carbocycles. The van der Waals surface area contributed by atoms with E-state index in [1.54, 1.807) is 6.07 Å². The summed E-state index contributed by atoms with van der Waals surface area (Å²) in [6.45, 7) is 4.34. The molecule has 0 heterocycles. The molecule has 0 spiro atoms. The molecule has 0 aliphatic carbocycles. The van der Waals surface area contributed by atoms with E-state index in [1.165, 1.54) is 57.8 Å². The number of hydrogen-bond donors (Lipinski definition) is 1. The highest BCUT2D eigenvalue weighted by atomic mass is 16.5. The molecule has 0 aromatic heterocycles. The summed E-state index contributed by atoms with van der Waals surface area (Å²) in [6, 6.07) is 7.19. The molecule has 0 saturated carbocycles. The van der Waals surface area contributed by atoms with Gasteiger partial charge in [0.05, 0.1) is 6.10 Å². The van der Waals surface area contributed by atoms with Crippen LogP contribution >= 0.6 is 0 Å². The first kappa shape index (κ1) is 17.9. The minimum atomic E-state index is 0.169. The topological polar surface area (TPSA) is 29.5 Å². The maximum Gasteiger partial charge on any atom is 0.161 e. The molecule has 2 heteroatoms. The number of benzene rings is 1. The predicted molar refractivity (Wildman–Crippen MR) is 90.0 cm³/mol. The lowest BCUT2D eigenvalue weighted by Gasteiger charge is -2.15. The highest BCUT2D eigenvalue weighted by molar-refractivity contribution is 5.37. The van der Waals surface area contributed by atoms with Crippen LogP contribution in [0.5, 0.6) is 11.5 Å². The van der Waals surface area contributed by atoms with Crippen molar-refractivity contribution in [3.05, 3.63) is 24.3 Å². The van der Waals surface area contributed by atoms with Crippen molar-refractivity contribution >= 4 is 0 Å². The average molecular weight is 292 g/mol. The van der Waals surface area contributed by atoms with Crippen molar-refractivity contribution in [2.75, 3.05) is 0 Å². The molecule has 0 fully saturated rings. The van der Waals surface area contributed by atoms with Gasteiger partial charge in [0.25, 0.3) is 0 Å². The first-order valence-corrected chi connectivity index (χ1v) is 8.68. The quantitative estimate of drug-likeness (QED) is 0.473. The predicted octanol–water partition coefficient (Wildman–Crippen LogP) is 6.08. The van der Waals surface area contributed by atoms with E-state index in [-0.39, 0.29) is 11.9 Å². The zero-order valence-corrected chi connectivity index (χ0v) is 13.8. The second-order valence-corrected chi connectivity index (χ2v) is 6.01. The number of unbranched alkanes of at least 4 members (excludes halogenated alkanes) is 8. The average Bonchev–Trinajstić information content (AvgIpc) is 2.48. The van der Waals surface area contributed by atoms with Gasteiger partial charge in [0.15, 0.2) is 11.5 Å². The second kappa shape index (κ2) is 11.5. The molecule has 1 aromatic rings. The number of para-hydroxylation sites is 2. The van der Waals surface area contributed by atoms with E-state index in [0.717, 1.165) is 6.42 Å².